The minimum absolute atomic E-state index is 0.0955. The maximum Gasteiger partial charge on any atom is 0.410 e. The second kappa shape index (κ2) is 8.30. The SMILES string of the molecule is CC(C)(C)OC(=O)N1CC[C@@]2(CCn3nc(-c4cnc(N)c(OCc5ccccn5)c4)cc32)C1. The lowest BCUT2D eigenvalue weighted by atomic mass is 9.82. The fourth-order valence-corrected chi connectivity index (χ4v) is 4.72. The smallest absolute Gasteiger partial charge is 0.410 e. The molecule has 9 heteroatoms. The molecule has 1 saturated heterocycles. The summed E-state index contributed by atoms with van der Waals surface area (Å²) >= 11 is 0. The van der Waals surface area contributed by atoms with Crippen LogP contribution in [0.4, 0.5) is 10.6 Å². The molecule has 5 heterocycles. The number of aryl methyl sites for hydroxylation is 1. The Morgan fingerprint density at radius 2 is 2.00 bits per heavy atom. The number of anilines is 1. The maximum atomic E-state index is 12.6. The summed E-state index contributed by atoms with van der Waals surface area (Å²) in [6.45, 7) is 8.13. The van der Waals surface area contributed by atoms with Gasteiger partial charge in [0.25, 0.3) is 0 Å². The molecule has 0 aromatic carbocycles. The largest absolute Gasteiger partial charge is 0.483 e. The highest BCUT2D eigenvalue weighted by Gasteiger charge is 2.47. The van der Waals surface area contributed by atoms with Crippen LogP contribution in [-0.4, -0.2) is 49.4 Å². The van der Waals surface area contributed by atoms with Crippen molar-refractivity contribution in [1.82, 2.24) is 24.6 Å². The van der Waals surface area contributed by atoms with E-state index in [0.29, 0.717) is 31.3 Å². The van der Waals surface area contributed by atoms with Gasteiger partial charge in [0.1, 0.15) is 12.2 Å². The number of fused-ring (bicyclic) bond motifs is 2. The summed E-state index contributed by atoms with van der Waals surface area (Å²) in [6, 6.07) is 9.66. The predicted octanol–water partition coefficient (Wildman–Crippen LogP) is 3.78. The van der Waals surface area contributed by atoms with Gasteiger partial charge in [0.15, 0.2) is 11.6 Å². The number of hydrogen-bond donors (Lipinski definition) is 1. The van der Waals surface area contributed by atoms with Gasteiger partial charge in [-0.1, -0.05) is 6.07 Å². The molecule has 2 N–H and O–H groups in total. The molecule has 178 valence electrons. The number of likely N-dealkylation sites (tertiary alicyclic amines) is 1. The van der Waals surface area contributed by atoms with Crippen LogP contribution in [0.25, 0.3) is 11.3 Å². The van der Waals surface area contributed by atoms with Crippen LogP contribution >= 0.6 is 0 Å². The Labute approximate surface area is 198 Å². The zero-order valence-electron chi connectivity index (χ0n) is 19.8. The number of hydrogen-bond acceptors (Lipinski definition) is 7. The van der Waals surface area contributed by atoms with Gasteiger partial charge in [-0.2, -0.15) is 5.10 Å². The molecule has 0 saturated carbocycles. The first kappa shape index (κ1) is 22.2. The number of carbonyl (C=O) groups excluding carboxylic acids is 1. The van der Waals surface area contributed by atoms with E-state index in [0.717, 1.165) is 42.0 Å². The lowest BCUT2D eigenvalue weighted by molar-refractivity contribution is 0.0284. The number of ether oxygens (including phenoxy) is 2. The number of nitrogens with two attached hydrogens (primary N) is 1. The van der Waals surface area contributed by atoms with E-state index in [4.69, 9.17) is 20.3 Å². The molecule has 0 aliphatic carbocycles. The van der Waals surface area contributed by atoms with E-state index in [2.05, 4.69) is 20.7 Å². The van der Waals surface area contributed by atoms with E-state index in [1.165, 1.54) is 0 Å². The summed E-state index contributed by atoms with van der Waals surface area (Å²) in [5, 5.41) is 4.83. The van der Waals surface area contributed by atoms with E-state index < -0.39 is 5.60 Å². The molecule has 2 aliphatic heterocycles. The highest BCUT2D eigenvalue weighted by atomic mass is 16.6. The highest BCUT2D eigenvalue weighted by molar-refractivity contribution is 5.69. The molecule has 5 rings (SSSR count). The second-order valence-corrected chi connectivity index (χ2v) is 10.0. The van der Waals surface area contributed by atoms with Crippen molar-refractivity contribution in [2.75, 3.05) is 18.8 Å². The number of pyridine rings is 2. The summed E-state index contributed by atoms with van der Waals surface area (Å²) in [5.41, 5.74) is 9.08. The lowest BCUT2D eigenvalue weighted by Gasteiger charge is -2.26. The monoisotopic (exact) mass is 462 g/mol. The number of nitrogens with zero attached hydrogens (tertiary/aromatic N) is 5. The number of aromatic nitrogens is 4. The van der Waals surface area contributed by atoms with Gasteiger partial charge < -0.3 is 20.1 Å². The highest BCUT2D eigenvalue weighted by Crippen LogP contribution is 2.44. The second-order valence-electron chi connectivity index (χ2n) is 10.0. The Hall–Kier alpha value is -3.62. The predicted molar refractivity (Wildman–Crippen MR) is 127 cm³/mol. The number of carbonyl (C=O) groups is 1. The Morgan fingerprint density at radius 1 is 1.18 bits per heavy atom. The van der Waals surface area contributed by atoms with Gasteiger partial charge >= 0.3 is 6.09 Å². The molecular weight excluding hydrogens is 432 g/mol. The molecule has 0 bridgehead atoms. The van der Waals surface area contributed by atoms with Crippen LogP contribution in [0.5, 0.6) is 5.75 Å². The first-order valence-electron chi connectivity index (χ1n) is 11.6. The summed E-state index contributed by atoms with van der Waals surface area (Å²) in [4.78, 5) is 23.0. The van der Waals surface area contributed by atoms with Crippen LogP contribution in [0.1, 0.15) is 45.0 Å². The third kappa shape index (κ3) is 4.30. The summed E-state index contributed by atoms with van der Waals surface area (Å²) in [6.07, 6.45) is 5.06. The Kier molecular flexibility index (Phi) is 5.42. The van der Waals surface area contributed by atoms with E-state index in [9.17, 15) is 4.79 Å². The van der Waals surface area contributed by atoms with Crippen molar-refractivity contribution in [3.63, 3.8) is 0 Å². The van der Waals surface area contributed by atoms with Crippen molar-refractivity contribution in [3.05, 3.63) is 54.1 Å². The van der Waals surface area contributed by atoms with Crippen molar-refractivity contribution in [2.24, 2.45) is 0 Å². The van der Waals surface area contributed by atoms with E-state index >= 15 is 0 Å². The molecule has 9 nitrogen and oxygen atoms in total. The van der Waals surface area contributed by atoms with Gasteiger partial charge in [0.05, 0.1) is 11.4 Å². The molecule has 34 heavy (non-hydrogen) atoms. The Morgan fingerprint density at radius 3 is 2.76 bits per heavy atom. The van der Waals surface area contributed by atoms with Crippen molar-refractivity contribution < 1.29 is 14.3 Å². The standard InChI is InChI=1S/C25H30N6O3/c1-24(2,3)34-23(32)30-10-7-25(16-30)8-11-31-21(25)13-19(29-31)17-12-20(22(26)28-14-17)33-15-18-6-4-5-9-27-18/h4-6,9,12-14H,7-8,10-11,15-16H2,1-3H3,(H2,26,28)/t25-/m1/s1. The summed E-state index contributed by atoms with van der Waals surface area (Å²) in [7, 11) is 0. The fourth-order valence-electron chi connectivity index (χ4n) is 4.72. The van der Waals surface area contributed by atoms with Gasteiger partial charge in [-0.25, -0.2) is 9.78 Å². The molecule has 1 atom stereocenters. The van der Waals surface area contributed by atoms with Crippen LogP contribution in [0.2, 0.25) is 0 Å². The molecule has 1 fully saturated rings. The summed E-state index contributed by atoms with van der Waals surface area (Å²) in [5.74, 6) is 0.828. The first-order valence-corrected chi connectivity index (χ1v) is 11.6. The molecule has 0 radical (unpaired) electrons. The van der Waals surface area contributed by atoms with E-state index in [1.807, 2.05) is 49.9 Å². The fraction of sp³-hybridized carbons (Fsp3) is 0.440. The minimum atomic E-state index is -0.504. The van der Waals surface area contributed by atoms with Crippen molar-refractivity contribution in [2.45, 2.75) is 57.8 Å². The average Bonchev–Trinajstić information content (AvgIpc) is 3.50. The molecule has 2 aliphatic rings. The van der Waals surface area contributed by atoms with Gasteiger partial charge in [0.2, 0.25) is 0 Å². The van der Waals surface area contributed by atoms with Gasteiger partial charge in [-0.3, -0.25) is 9.67 Å². The van der Waals surface area contributed by atoms with Crippen molar-refractivity contribution in [1.29, 1.82) is 0 Å². The van der Waals surface area contributed by atoms with Crippen LogP contribution in [0.15, 0.2) is 42.7 Å². The van der Waals surface area contributed by atoms with E-state index in [1.54, 1.807) is 12.4 Å². The molecule has 1 amide bonds. The van der Waals surface area contributed by atoms with Crippen molar-refractivity contribution in [3.8, 4) is 17.0 Å². The van der Waals surface area contributed by atoms with Crippen LogP contribution in [0, 0.1) is 0 Å². The summed E-state index contributed by atoms with van der Waals surface area (Å²) < 4.78 is 13.5. The molecule has 3 aromatic rings. The normalized spacial score (nSPS) is 19.4. The third-order valence-corrected chi connectivity index (χ3v) is 6.41. The van der Waals surface area contributed by atoms with Gasteiger partial charge in [0, 0.05) is 48.7 Å². The zero-order chi connectivity index (χ0) is 23.9. The quantitative estimate of drug-likeness (QED) is 0.628. The van der Waals surface area contributed by atoms with Crippen LogP contribution in [0.3, 0.4) is 0 Å². The van der Waals surface area contributed by atoms with E-state index in [-0.39, 0.29) is 11.5 Å². The average molecular weight is 463 g/mol. The first-order chi connectivity index (χ1) is 16.2. The molecular formula is C25H30N6O3. The third-order valence-electron chi connectivity index (χ3n) is 6.41. The molecule has 0 unspecified atom stereocenters. The van der Waals surface area contributed by atoms with Gasteiger partial charge in [-0.15, -0.1) is 0 Å². The van der Waals surface area contributed by atoms with Crippen molar-refractivity contribution >= 4 is 11.9 Å². The number of amides is 1. The molecule has 3 aromatic heterocycles. The topological polar surface area (TPSA) is 108 Å². The van der Waals surface area contributed by atoms with Crippen LogP contribution < -0.4 is 10.5 Å². The zero-order valence-corrected chi connectivity index (χ0v) is 19.8. The number of rotatable bonds is 4. The lowest BCUT2D eigenvalue weighted by Crippen LogP contribution is -2.37. The Bertz CT molecular complexity index is 1200. The minimum Gasteiger partial charge on any atom is -0.483 e. The molecule has 1 spiro atoms. The Balaban J connectivity index is 1.34. The van der Waals surface area contributed by atoms with Gasteiger partial charge in [-0.05, 0) is 57.9 Å². The maximum absolute atomic E-state index is 12.6. The van der Waals surface area contributed by atoms with Crippen LogP contribution in [-0.2, 0) is 23.3 Å². The number of nitrogen functional groups attached to an aromatic ring is 1.